The van der Waals surface area contributed by atoms with Gasteiger partial charge in [-0.1, -0.05) is 29.8 Å². The molecule has 0 bridgehead atoms. The first-order valence-electron chi connectivity index (χ1n) is 10.4. The molecule has 178 valence electrons. The molecule has 34 heavy (non-hydrogen) atoms. The Labute approximate surface area is 198 Å². The van der Waals surface area contributed by atoms with Crippen molar-refractivity contribution >= 4 is 23.4 Å². The number of para-hydroxylation sites is 1. The molecule has 0 unspecified atom stereocenters. The lowest BCUT2D eigenvalue weighted by atomic mass is 9.97. The van der Waals surface area contributed by atoms with E-state index in [4.69, 9.17) is 11.6 Å². The number of hydrogen-bond acceptors (Lipinski definition) is 4. The van der Waals surface area contributed by atoms with Crippen molar-refractivity contribution in [1.29, 1.82) is 0 Å². The SMILES string of the molecule is CC1(C)CN(C(=O)c2cc(Cl)cc(C(F)(F)F)c2)CCN1C(=O)c1ncn(-c2ccccc2)n1. The minimum absolute atomic E-state index is 0.0152. The maximum Gasteiger partial charge on any atom is 0.416 e. The van der Waals surface area contributed by atoms with Crippen LogP contribution in [0, 0.1) is 0 Å². The van der Waals surface area contributed by atoms with Crippen molar-refractivity contribution in [2.24, 2.45) is 0 Å². The molecule has 1 aliphatic rings. The number of halogens is 4. The summed E-state index contributed by atoms with van der Waals surface area (Å²) in [6.07, 6.45) is -3.17. The number of carbonyl (C=O) groups is 2. The van der Waals surface area contributed by atoms with E-state index < -0.39 is 29.1 Å². The predicted octanol–water partition coefficient (Wildman–Crippen LogP) is 4.32. The molecule has 2 heterocycles. The minimum Gasteiger partial charge on any atom is -0.335 e. The van der Waals surface area contributed by atoms with E-state index in [-0.39, 0.29) is 36.0 Å². The largest absolute Gasteiger partial charge is 0.416 e. The van der Waals surface area contributed by atoms with Crippen LogP contribution in [-0.2, 0) is 6.18 Å². The second-order valence-corrected chi connectivity index (χ2v) is 9.01. The number of benzene rings is 2. The van der Waals surface area contributed by atoms with Crippen molar-refractivity contribution in [3.05, 3.63) is 76.8 Å². The Balaban J connectivity index is 1.51. The van der Waals surface area contributed by atoms with Crippen LogP contribution in [0.5, 0.6) is 0 Å². The quantitative estimate of drug-likeness (QED) is 0.547. The summed E-state index contributed by atoms with van der Waals surface area (Å²) >= 11 is 5.83. The van der Waals surface area contributed by atoms with Crippen LogP contribution in [0.1, 0.15) is 40.4 Å². The van der Waals surface area contributed by atoms with Gasteiger partial charge in [0.1, 0.15) is 6.33 Å². The third-order valence-electron chi connectivity index (χ3n) is 5.61. The van der Waals surface area contributed by atoms with E-state index in [9.17, 15) is 22.8 Å². The number of nitrogens with zero attached hydrogens (tertiary/aromatic N) is 5. The Kier molecular flexibility index (Phi) is 6.11. The lowest BCUT2D eigenvalue weighted by Crippen LogP contribution is -2.62. The Morgan fingerprint density at radius 3 is 2.38 bits per heavy atom. The fourth-order valence-corrected chi connectivity index (χ4v) is 4.19. The molecular weight excluding hydrogens is 471 g/mol. The van der Waals surface area contributed by atoms with Crippen LogP contribution < -0.4 is 0 Å². The highest BCUT2D eigenvalue weighted by atomic mass is 35.5. The summed E-state index contributed by atoms with van der Waals surface area (Å²) in [5.41, 5.74) is -1.20. The normalized spacial score (nSPS) is 15.9. The van der Waals surface area contributed by atoms with Gasteiger partial charge in [-0.15, -0.1) is 5.10 Å². The van der Waals surface area contributed by atoms with Crippen molar-refractivity contribution in [3.8, 4) is 5.69 Å². The maximum absolute atomic E-state index is 13.1. The zero-order valence-corrected chi connectivity index (χ0v) is 19.1. The molecule has 1 fully saturated rings. The summed E-state index contributed by atoms with van der Waals surface area (Å²) in [5, 5.41) is 4.10. The van der Waals surface area contributed by atoms with E-state index in [0.29, 0.717) is 0 Å². The molecule has 7 nitrogen and oxygen atoms in total. The Bertz CT molecular complexity index is 1230. The molecule has 11 heteroatoms. The molecule has 0 aliphatic carbocycles. The number of amides is 2. The molecule has 4 rings (SSSR count). The number of piperazine rings is 1. The summed E-state index contributed by atoms with van der Waals surface area (Å²) in [7, 11) is 0. The van der Waals surface area contributed by atoms with Crippen LogP contribution in [0.15, 0.2) is 54.9 Å². The van der Waals surface area contributed by atoms with Gasteiger partial charge in [-0.25, -0.2) is 9.67 Å². The van der Waals surface area contributed by atoms with Gasteiger partial charge in [0.05, 0.1) is 16.8 Å². The molecule has 1 aromatic heterocycles. The smallest absolute Gasteiger partial charge is 0.335 e. The van der Waals surface area contributed by atoms with Crippen LogP contribution in [0.3, 0.4) is 0 Å². The summed E-state index contributed by atoms with van der Waals surface area (Å²) in [6.45, 7) is 3.98. The van der Waals surface area contributed by atoms with Gasteiger partial charge in [0.15, 0.2) is 0 Å². The summed E-state index contributed by atoms with van der Waals surface area (Å²) in [6, 6.07) is 12.0. The van der Waals surface area contributed by atoms with E-state index in [0.717, 1.165) is 17.8 Å². The molecule has 0 N–H and O–H groups in total. The fourth-order valence-electron chi connectivity index (χ4n) is 3.95. The van der Waals surface area contributed by atoms with Gasteiger partial charge in [-0.2, -0.15) is 13.2 Å². The Morgan fingerprint density at radius 1 is 1.03 bits per heavy atom. The predicted molar refractivity (Wildman–Crippen MR) is 119 cm³/mol. The highest BCUT2D eigenvalue weighted by Crippen LogP contribution is 2.33. The molecule has 2 amide bonds. The lowest BCUT2D eigenvalue weighted by Gasteiger charge is -2.46. The number of carbonyl (C=O) groups excluding carboxylic acids is 2. The summed E-state index contributed by atoms with van der Waals surface area (Å²) in [4.78, 5) is 33.3. The lowest BCUT2D eigenvalue weighted by molar-refractivity contribution is -0.137. The van der Waals surface area contributed by atoms with Crippen molar-refractivity contribution < 1.29 is 22.8 Å². The third kappa shape index (κ3) is 4.77. The number of alkyl halides is 3. The molecule has 0 atom stereocenters. The van der Waals surface area contributed by atoms with Gasteiger partial charge in [-0.05, 0) is 44.2 Å². The van der Waals surface area contributed by atoms with Crippen molar-refractivity contribution in [1.82, 2.24) is 24.6 Å². The molecule has 0 radical (unpaired) electrons. The van der Waals surface area contributed by atoms with Crippen molar-refractivity contribution in [3.63, 3.8) is 0 Å². The van der Waals surface area contributed by atoms with Gasteiger partial charge in [0.2, 0.25) is 5.82 Å². The number of aromatic nitrogens is 3. The van der Waals surface area contributed by atoms with Gasteiger partial charge in [0.25, 0.3) is 11.8 Å². The highest BCUT2D eigenvalue weighted by Gasteiger charge is 2.40. The Morgan fingerprint density at radius 2 is 1.74 bits per heavy atom. The zero-order valence-electron chi connectivity index (χ0n) is 18.4. The zero-order chi connectivity index (χ0) is 24.7. The summed E-state index contributed by atoms with van der Waals surface area (Å²) < 4.78 is 40.9. The summed E-state index contributed by atoms with van der Waals surface area (Å²) in [5.74, 6) is -0.963. The molecule has 3 aromatic rings. The molecule has 1 aliphatic heterocycles. The molecule has 2 aromatic carbocycles. The second kappa shape index (κ2) is 8.75. The molecule has 1 saturated heterocycles. The van der Waals surface area contributed by atoms with Crippen molar-refractivity contribution in [2.45, 2.75) is 25.6 Å². The van der Waals surface area contributed by atoms with E-state index >= 15 is 0 Å². The number of rotatable bonds is 3. The first-order valence-corrected chi connectivity index (χ1v) is 10.8. The van der Waals surface area contributed by atoms with E-state index in [1.54, 1.807) is 18.7 Å². The third-order valence-corrected chi connectivity index (χ3v) is 5.83. The first kappa shape index (κ1) is 23.7. The van der Waals surface area contributed by atoms with E-state index in [2.05, 4.69) is 10.1 Å². The van der Waals surface area contributed by atoms with Crippen LogP contribution in [-0.4, -0.2) is 61.6 Å². The van der Waals surface area contributed by atoms with Crippen LogP contribution in [0.2, 0.25) is 5.02 Å². The topological polar surface area (TPSA) is 71.3 Å². The van der Waals surface area contributed by atoms with Crippen LogP contribution in [0.25, 0.3) is 5.69 Å². The fraction of sp³-hybridized carbons (Fsp3) is 0.304. The van der Waals surface area contributed by atoms with Gasteiger partial charge in [0, 0.05) is 30.2 Å². The molecule has 0 saturated carbocycles. The standard InChI is InChI=1S/C23H21ClF3N5O2/c1-22(2)13-30(20(33)15-10-16(23(25,26)27)12-17(24)11-15)8-9-31(22)21(34)19-28-14-32(29-19)18-6-4-3-5-7-18/h3-7,10-12,14H,8-9,13H2,1-2H3. The van der Waals surface area contributed by atoms with Gasteiger partial charge < -0.3 is 9.80 Å². The second-order valence-electron chi connectivity index (χ2n) is 8.57. The molecular formula is C23H21ClF3N5O2. The van der Waals surface area contributed by atoms with Crippen LogP contribution >= 0.6 is 11.6 Å². The average Bonchev–Trinajstić information content (AvgIpc) is 3.27. The minimum atomic E-state index is -4.62. The van der Waals surface area contributed by atoms with E-state index in [1.807, 2.05) is 30.3 Å². The number of hydrogen-bond donors (Lipinski definition) is 0. The maximum atomic E-state index is 13.1. The van der Waals surface area contributed by atoms with Gasteiger partial charge >= 0.3 is 6.18 Å². The monoisotopic (exact) mass is 491 g/mol. The molecule has 0 spiro atoms. The van der Waals surface area contributed by atoms with Crippen molar-refractivity contribution in [2.75, 3.05) is 19.6 Å². The van der Waals surface area contributed by atoms with Gasteiger partial charge in [-0.3, -0.25) is 9.59 Å². The highest BCUT2D eigenvalue weighted by molar-refractivity contribution is 6.31. The Hall–Kier alpha value is -3.40. The first-order chi connectivity index (χ1) is 16.0. The van der Waals surface area contributed by atoms with E-state index in [1.165, 1.54) is 22.0 Å². The van der Waals surface area contributed by atoms with Crippen LogP contribution in [0.4, 0.5) is 13.2 Å². The average molecular weight is 492 g/mol.